The molecule has 0 N–H and O–H groups in total. The highest BCUT2D eigenvalue weighted by molar-refractivity contribution is 8.04. The van der Waals surface area contributed by atoms with E-state index in [0.717, 1.165) is 6.54 Å². The Kier molecular flexibility index (Phi) is 9.65. The molecule has 0 spiro atoms. The van der Waals surface area contributed by atoms with Crippen molar-refractivity contribution < 1.29 is 61.0 Å². The largest absolute Gasteiger partial charge is 0.512 e. The highest BCUT2D eigenvalue weighted by atomic mass is 32.3. The molecule has 0 saturated carbocycles. The molecule has 1 aromatic rings. The van der Waals surface area contributed by atoms with E-state index < -0.39 is 47.5 Å². The van der Waals surface area contributed by atoms with Crippen molar-refractivity contribution in [3.05, 3.63) is 17.5 Å². The zero-order chi connectivity index (χ0) is 25.9. The van der Waals surface area contributed by atoms with Gasteiger partial charge in [-0.15, -0.1) is 4.68 Å². The fraction of sp³-hybridized carbons (Fsp3) is 0.786. The minimum atomic E-state index is -7.41. The first-order valence-electron chi connectivity index (χ1n) is 8.51. The summed E-state index contributed by atoms with van der Waals surface area (Å²) in [5.74, 6) is 0. The Labute approximate surface area is 178 Å². The summed E-state index contributed by atoms with van der Waals surface area (Å²) in [6.07, 6.45) is -3.43. The van der Waals surface area contributed by atoms with Gasteiger partial charge >= 0.3 is 37.2 Å². The molecule has 0 aliphatic carbocycles. The van der Waals surface area contributed by atoms with E-state index in [1.165, 1.54) is 24.2 Å². The Morgan fingerprint density at radius 3 is 1.56 bits per heavy atom. The molecule has 0 aromatic carbocycles. The normalized spacial score (nSPS) is 13.8. The molecule has 7 nitrogen and oxygen atoms in total. The summed E-state index contributed by atoms with van der Waals surface area (Å²) in [5, 5.41) is 0. The van der Waals surface area contributed by atoms with E-state index in [1.54, 1.807) is 0 Å². The van der Waals surface area contributed by atoms with E-state index in [9.17, 15) is 56.3 Å². The van der Waals surface area contributed by atoms with Gasteiger partial charge in [0.1, 0.15) is 6.54 Å². The number of nitrogens with zero attached hydrogens (tertiary/aromatic N) is 3. The molecule has 0 bridgehead atoms. The van der Waals surface area contributed by atoms with E-state index in [4.69, 9.17) is 0 Å². The van der Waals surface area contributed by atoms with Gasteiger partial charge in [0.05, 0.1) is 12.2 Å². The van der Waals surface area contributed by atoms with Gasteiger partial charge < -0.3 is 0 Å². The molecule has 0 aliphatic heterocycles. The van der Waals surface area contributed by atoms with Crippen molar-refractivity contribution in [1.29, 1.82) is 0 Å². The molecule has 0 aliphatic rings. The first-order valence-corrected chi connectivity index (χ1v) is 11.4. The van der Waals surface area contributed by atoms with Crippen LogP contribution >= 0.6 is 0 Å². The molecule has 1 heterocycles. The van der Waals surface area contributed by atoms with Crippen LogP contribution in [0.3, 0.4) is 0 Å². The summed E-state index contributed by atoms with van der Waals surface area (Å²) >= 11 is 0. The zero-order valence-electron chi connectivity index (χ0n) is 17.1. The zero-order valence-corrected chi connectivity index (χ0v) is 18.7. The Morgan fingerprint density at radius 1 is 0.906 bits per heavy atom. The summed E-state index contributed by atoms with van der Waals surface area (Å²) in [4.78, 5) is 0. The number of hydrogen-bond acceptors (Lipinski definition) is 4. The van der Waals surface area contributed by atoms with E-state index in [0.29, 0.717) is 0 Å². The maximum Gasteiger partial charge on any atom is 0.512 e. The standard InChI is InChI=1S/C10H19N2.C4H2F9NO4S2/c1-5-6-7-12-10(3)8-9(2)11(12)4;5-2(6,7)1-14(19(15,16)3(8,9)10)20(17,18)4(11,12)13/h8H,5-7H2,1-4H3;1H2/q+1;. The molecular weight excluding hydrogens is 509 g/mol. The molecule has 190 valence electrons. The lowest BCUT2D eigenvalue weighted by Gasteiger charge is -2.24. The molecule has 0 fully saturated rings. The van der Waals surface area contributed by atoms with Gasteiger partial charge in [-0.1, -0.05) is 17.1 Å². The van der Waals surface area contributed by atoms with Crippen LogP contribution in [0.4, 0.5) is 39.5 Å². The number of rotatable bonds is 6. The minimum absolute atomic E-state index is 1.15. The highest BCUT2D eigenvalue weighted by Crippen LogP contribution is 2.37. The summed E-state index contributed by atoms with van der Waals surface area (Å²) < 4.78 is 151. The maximum absolute atomic E-state index is 11.9. The number of unbranched alkanes of at least 4 members (excludes halogenated alkanes) is 1. The third kappa shape index (κ3) is 7.50. The van der Waals surface area contributed by atoms with Crippen LogP contribution in [-0.2, 0) is 33.6 Å². The number of aromatic nitrogens is 2. The fourth-order valence-corrected chi connectivity index (χ4v) is 4.84. The smallest absolute Gasteiger partial charge is 0.202 e. The molecule has 0 amide bonds. The van der Waals surface area contributed by atoms with Crippen molar-refractivity contribution in [3.63, 3.8) is 0 Å². The second-order valence-electron chi connectivity index (χ2n) is 6.38. The predicted molar refractivity (Wildman–Crippen MR) is 92.7 cm³/mol. The Hall–Kier alpha value is -1.56. The van der Waals surface area contributed by atoms with Gasteiger partial charge in [-0.05, 0) is 13.3 Å². The van der Waals surface area contributed by atoms with E-state index in [2.05, 4.69) is 43.2 Å². The second kappa shape index (κ2) is 10.1. The van der Waals surface area contributed by atoms with Gasteiger partial charge in [-0.25, -0.2) is 16.8 Å². The van der Waals surface area contributed by atoms with Crippen molar-refractivity contribution >= 4 is 20.0 Å². The van der Waals surface area contributed by atoms with E-state index in [1.807, 2.05) is 0 Å². The third-order valence-corrected chi connectivity index (χ3v) is 7.53. The van der Waals surface area contributed by atoms with E-state index in [-0.39, 0.29) is 0 Å². The Morgan fingerprint density at radius 2 is 1.31 bits per heavy atom. The quantitative estimate of drug-likeness (QED) is 0.418. The molecule has 1 aromatic heterocycles. The summed E-state index contributed by atoms with van der Waals surface area (Å²) in [7, 11) is -12.7. The number of alkyl halides is 9. The molecule has 0 unspecified atom stereocenters. The van der Waals surface area contributed by atoms with Gasteiger partial charge in [-0.3, -0.25) is 0 Å². The maximum atomic E-state index is 11.9. The summed E-state index contributed by atoms with van der Waals surface area (Å²) in [6, 6.07) is 2.23. The van der Waals surface area contributed by atoms with Crippen molar-refractivity contribution in [2.24, 2.45) is 7.05 Å². The average Bonchev–Trinajstić information content (AvgIpc) is 2.80. The molecular formula is C14H21F9N3O4S2+. The predicted octanol–water partition coefficient (Wildman–Crippen LogP) is 3.28. The van der Waals surface area contributed by atoms with Crippen LogP contribution in [0.5, 0.6) is 0 Å². The Balaban J connectivity index is 0.000000677. The van der Waals surface area contributed by atoms with Crippen molar-refractivity contribution in [1.82, 2.24) is 8.39 Å². The van der Waals surface area contributed by atoms with Crippen molar-refractivity contribution in [3.8, 4) is 0 Å². The lowest BCUT2D eigenvalue weighted by atomic mass is 10.3. The van der Waals surface area contributed by atoms with E-state index >= 15 is 0 Å². The first kappa shape index (κ1) is 30.4. The monoisotopic (exact) mass is 530 g/mol. The molecule has 0 radical (unpaired) electrons. The number of halogens is 9. The molecule has 18 heteroatoms. The van der Waals surface area contributed by atoms with Crippen LogP contribution < -0.4 is 4.68 Å². The highest BCUT2D eigenvalue weighted by Gasteiger charge is 2.63. The van der Waals surface area contributed by atoms with Crippen LogP contribution in [-0.4, -0.2) is 49.0 Å². The topological polar surface area (TPSA) is 80.3 Å². The van der Waals surface area contributed by atoms with Crippen molar-refractivity contribution in [2.45, 2.75) is 57.4 Å². The van der Waals surface area contributed by atoms with Gasteiger partial charge in [-0.2, -0.15) is 44.2 Å². The van der Waals surface area contributed by atoms with Gasteiger partial charge in [0.25, 0.3) is 0 Å². The lowest BCUT2D eigenvalue weighted by Crippen LogP contribution is -2.52. The van der Waals surface area contributed by atoms with Gasteiger partial charge in [0.2, 0.25) is 5.69 Å². The second-order valence-corrected chi connectivity index (χ2v) is 10.3. The number of sulfonamides is 2. The van der Waals surface area contributed by atoms with Gasteiger partial charge in [0, 0.05) is 13.0 Å². The molecule has 0 atom stereocenters. The SMILES string of the molecule is CCCCn1c(C)cc(C)[n+]1C.O=S(=O)(N(CC(F)(F)F)S(=O)(=O)C(F)(F)F)C(F)(F)F. The minimum Gasteiger partial charge on any atom is -0.202 e. The summed E-state index contributed by atoms with van der Waals surface area (Å²) in [6.45, 7) is 4.19. The third-order valence-electron chi connectivity index (χ3n) is 3.85. The Bertz CT molecular complexity index is 935. The first-order chi connectivity index (χ1) is 14.0. The van der Waals surface area contributed by atoms with Crippen LogP contribution in [0.1, 0.15) is 31.2 Å². The fourth-order valence-electron chi connectivity index (χ4n) is 2.21. The summed E-state index contributed by atoms with van der Waals surface area (Å²) in [5.41, 5.74) is -10.6. The van der Waals surface area contributed by atoms with Crippen LogP contribution in [0.15, 0.2) is 6.07 Å². The number of hydrogen-bond donors (Lipinski definition) is 0. The molecule has 1 rings (SSSR count). The van der Waals surface area contributed by atoms with Crippen LogP contribution in [0.25, 0.3) is 0 Å². The van der Waals surface area contributed by atoms with Crippen molar-refractivity contribution in [2.75, 3.05) is 6.54 Å². The molecule has 32 heavy (non-hydrogen) atoms. The van der Waals surface area contributed by atoms with Crippen LogP contribution in [0, 0.1) is 13.8 Å². The average molecular weight is 530 g/mol. The van der Waals surface area contributed by atoms with Crippen LogP contribution in [0.2, 0.25) is 0 Å². The van der Waals surface area contributed by atoms with Gasteiger partial charge in [0.15, 0.2) is 7.05 Å². The number of aryl methyl sites for hydroxylation is 2. The molecule has 0 saturated heterocycles. The lowest BCUT2D eigenvalue weighted by molar-refractivity contribution is -0.759.